The normalized spacial score (nSPS) is 19.3. The van der Waals surface area contributed by atoms with Crippen molar-refractivity contribution in [3.63, 3.8) is 0 Å². The number of nitrogens with zero attached hydrogens (tertiary/aromatic N) is 2. The molecule has 194 valence electrons. The Morgan fingerprint density at radius 1 is 1.08 bits per heavy atom. The summed E-state index contributed by atoms with van der Waals surface area (Å²) in [5, 5.41) is 3.50. The molecule has 1 N–H and O–H groups in total. The van der Waals surface area contributed by atoms with Crippen LogP contribution in [0.1, 0.15) is 53.0 Å². The smallest absolute Gasteiger partial charge is 0.228 e. The van der Waals surface area contributed by atoms with Crippen LogP contribution in [0, 0.1) is 19.8 Å². The van der Waals surface area contributed by atoms with Gasteiger partial charge in [-0.25, -0.2) is 4.98 Å². The van der Waals surface area contributed by atoms with Crippen molar-refractivity contribution in [2.45, 2.75) is 58.2 Å². The number of nitrogens with one attached hydrogen (secondary N) is 1. The molecule has 0 bridgehead atoms. The molecule has 2 fully saturated rings. The van der Waals surface area contributed by atoms with Crippen LogP contribution >= 0.6 is 0 Å². The van der Waals surface area contributed by atoms with E-state index in [9.17, 15) is 4.79 Å². The fourth-order valence-corrected chi connectivity index (χ4v) is 5.34. The monoisotopic (exact) mass is 499 g/mol. The summed E-state index contributed by atoms with van der Waals surface area (Å²) in [5.74, 6) is 1.66. The minimum atomic E-state index is -0.0694. The zero-order valence-electron chi connectivity index (χ0n) is 22.1. The molecule has 0 spiro atoms. The van der Waals surface area contributed by atoms with Gasteiger partial charge in [0.25, 0.3) is 0 Å². The van der Waals surface area contributed by atoms with Gasteiger partial charge in [-0.05, 0) is 79.5 Å². The molecule has 37 heavy (non-hydrogen) atoms. The van der Waals surface area contributed by atoms with Gasteiger partial charge in [-0.15, -0.1) is 0 Å². The number of ether oxygens (including phenoxy) is 2. The highest BCUT2D eigenvalue weighted by Gasteiger charge is 2.40. The summed E-state index contributed by atoms with van der Waals surface area (Å²) in [7, 11) is 1.60. The predicted octanol–water partition coefficient (Wildman–Crippen LogP) is 5.17. The Kier molecular flexibility index (Phi) is 7.75. The zero-order chi connectivity index (χ0) is 25.8. The number of aryl methyl sites for hydroxylation is 1. The second-order valence-electron chi connectivity index (χ2n) is 10.3. The van der Waals surface area contributed by atoms with Crippen LogP contribution in [0.3, 0.4) is 0 Å². The third kappa shape index (κ3) is 5.96. The van der Waals surface area contributed by atoms with Gasteiger partial charge in [0.15, 0.2) is 0 Å². The van der Waals surface area contributed by atoms with E-state index in [0.717, 1.165) is 43.7 Å². The number of pyridine rings is 1. The van der Waals surface area contributed by atoms with Crippen molar-refractivity contribution >= 4 is 5.91 Å². The first-order valence-corrected chi connectivity index (χ1v) is 13.3. The van der Waals surface area contributed by atoms with E-state index in [-0.39, 0.29) is 17.7 Å². The van der Waals surface area contributed by atoms with Crippen molar-refractivity contribution < 1.29 is 14.3 Å². The predicted molar refractivity (Wildman–Crippen MR) is 145 cm³/mol. The fraction of sp³-hybridized carbons (Fsp3) is 0.419. The van der Waals surface area contributed by atoms with Crippen LogP contribution in [0.4, 0.5) is 0 Å². The van der Waals surface area contributed by atoms with Crippen molar-refractivity contribution in [2.24, 2.45) is 5.92 Å². The van der Waals surface area contributed by atoms with E-state index in [1.54, 1.807) is 19.4 Å². The Bertz CT molecular complexity index is 1240. The highest BCUT2D eigenvalue weighted by molar-refractivity contribution is 5.81. The molecular weight excluding hydrogens is 462 g/mol. The van der Waals surface area contributed by atoms with Gasteiger partial charge >= 0.3 is 0 Å². The van der Waals surface area contributed by atoms with Crippen molar-refractivity contribution in [1.29, 1.82) is 0 Å². The Morgan fingerprint density at radius 2 is 1.92 bits per heavy atom. The van der Waals surface area contributed by atoms with Crippen LogP contribution in [0.15, 0.2) is 60.8 Å². The number of hydrogen-bond donors (Lipinski definition) is 1. The molecule has 2 aliphatic rings. The zero-order valence-corrected chi connectivity index (χ0v) is 22.1. The van der Waals surface area contributed by atoms with E-state index in [0.29, 0.717) is 25.1 Å². The molecule has 1 amide bonds. The van der Waals surface area contributed by atoms with E-state index >= 15 is 0 Å². The lowest BCUT2D eigenvalue weighted by Gasteiger charge is -2.36. The number of methoxy groups -OCH3 is 1. The summed E-state index contributed by atoms with van der Waals surface area (Å²) in [6.07, 6.45) is 4.84. The van der Waals surface area contributed by atoms with Gasteiger partial charge in [-0.2, -0.15) is 0 Å². The summed E-state index contributed by atoms with van der Waals surface area (Å²) < 4.78 is 11.2. The molecule has 1 aromatic heterocycles. The summed E-state index contributed by atoms with van der Waals surface area (Å²) in [5.41, 5.74) is 6.14. The summed E-state index contributed by atoms with van der Waals surface area (Å²) in [4.78, 5) is 20.4. The highest BCUT2D eigenvalue weighted by Crippen LogP contribution is 2.37. The lowest BCUT2D eigenvalue weighted by Crippen LogP contribution is -2.47. The molecule has 2 heterocycles. The summed E-state index contributed by atoms with van der Waals surface area (Å²) >= 11 is 0. The van der Waals surface area contributed by atoms with Crippen molar-refractivity contribution in [3.05, 3.63) is 88.6 Å². The Balaban J connectivity index is 1.32. The van der Waals surface area contributed by atoms with Crippen molar-refractivity contribution in [1.82, 2.24) is 15.2 Å². The first-order valence-electron chi connectivity index (χ1n) is 13.3. The van der Waals surface area contributed by atoms with Gasteiger partial charge in [0.1, 0.15) is 12.4 Å². The van der Waals surface area contributed by atoms with Crippen molar-refractivity contribution in [3.8, 4) is 11.6 Å². The third-order valence-electron chi connectivity index (χ3n) is 7.83. The molecule has 0 unspecified atom stereocenters. The number of rotatable bonds is 9. The van der Waals surface area contributed by atoms with Crippen LogP contribution in [0.25, 0.3) is 0 Å². The van der Waals surface area contributed by atoms with Gasteiger partial charge in [-0.1, -0.05) is 42.5 Å². The van der Waals surface area contributed by atoms with E-state index in [1.807, 2.05) is 6.07 Å². The van der Waals surface area contributed by atoms with Gasteiger partial charge in [-0.3, -0.25) is 4.79 Å². The summed E-state index contributed by atoms with van der Waals surface area (Å²) in [6.45, 7) is 7.10. The molecule has 1 aliphatic heterocycles. The quantitative estimate of drug-likeness (QED) is 0.440. The molecular formula is C31H37N3O3. The van der Waals surface area contributed by atoms with Gasteiger partial charge in [0.2, 0.25) is 11.8 Å². The molecule has 1 saturated heterocycles. The number of carbonyl (C=O) groups excluding carboxylic acids is 1. The minimum absolute atomic E-state index is 0.0694. The number of piperidine rings is 1. The average molecular weight is 500 g/mol. The molecule has 5 rings (SSSR count). The second kappa shape index (κ2) is 11.3. The second-order valence-corrected chi connectivity index (χ2v) is 10.3. The molecule has 1 saturated carbocycles. The lowest BCUT2D eigenvalue weighted by atomic mass is 9.79. The first-order chi connectivity index (χ1) is 18.0. The van der Waals surface area contributed by atoms with E-state index < -0.39 is 0 Å². The SMILES string of the molecule is COc1cc(OCc2cccc([C@H]3CCNC[C@@H]3C(=O)N(Cc3cccc(C)c3C)C3CC3)c2)ccn1. The van der Waals surface area contributed by atoms with Crippen LogP contribution in [-0.2, 0) is 17.9 Å². The Morgan fingerprint density at radius 3 is 2.73 bits per heavy atom. The van der Waals surface area contributed by atoms with Gasteiger partial charge in [0.05, 0.1) is 13.0 Å². The lowest BCUT2D eigenvalue weighted by molar-refractivity contribution is -0.138. The maximum Gasteiger partial charge on any atom is 0.228 e. The summed E-state index contributed by atoms with van der Waals surface area (Å²) in [6, 6.07) is 18.9. The van der Waals surface area contributed by atoms with E-state index in [4.69, 9.17) is 9.47 Å². The first kappa shape index (κ1) is 25.3. The number of benzene rings is 2. The molecule has 6 heteroatoms. The van der Waals surface area contributed by atoms with Crippen LogP contribution < -0.4 is 14.8 Å². The average Bonchev–Trinajstić information content (AvgIpc) is 3.78. The number of aromatic nitrogens is 1. The van der Waals surface area contributed by atoms with Crippen molar-refractivity contribution in [2.75, 3.05) is 20.2 Å². The molecule has 6 nitrogen and oxygen atoms in total. The molecule has 2 atom stereocenters. The maximum absolute atomic E-state index is 14.1. The molecule has 1 aliphatic carbocycles. The topological polar surface area (TPSA) is 63.7 Å². The van der Waals surface area contributed by atoms with Gasteiger partial charge < -0.3 is 19.7 Å². The fourth-order valence-electron chi connectivity index (χ4n) is 5.34. The Labute approximate surface area is 220 Å². The third-order valence-corrected chi connectivity index (χ3v) is 7.83. The molecule has 2 aromatic carbocycles. The standard InChI is InChI=1S/C31H37N3O3/c1-21-6-4-9-25(22(21)2)19-34(26-10-11-26)31(35)29-18-32-14-13-28(29)24-8-5-7-23(16-24)20-37-27-12-15-33-30(17-27)36-3/h4-9,12,15-17,26,28-29,32H,10-11,13-14,18-20H2,1-3H3/t28-,29+/m1/s1. The highest BCUT2D eigenvalue weighted by atomic mass is 16.5. The van der Waals surface area contributed by atoms with E-state index in [1.165, 1.54) is 22.3 Å². The van der Waals surface area contributed by atoms with Crippen LogP contribution in [0.5, 0.6) is 11.6 Å². The van der Waals surface area contributed by atoms with Gasteiger partial charge in [0, 0.05) is 31.4 Å². The number of amides is 1. The molecule has 3 aromatic rings. The largest absolute Gasteiger partial charge is 0.489 e. The minimum Gasteiger partial charge on any atom is -0.489 e. The van der Waals surface area contributed by atoms with E-state index in [2.05, 4.69) is 71.5 Å². The number of carbonyl (C=O) groups is 1. The Hall–Kier alpha value is -3.38. The van der Waals surface area contributed by atoms with Crippen LogP contribution in [0.2, 0.25) is 0 Å². The maximum atomic E-state index is 14.1. The van der Waals surface area contributed by atoms with Crippen LogP contribution in [-0.4, -0.2) is 42.0 Å². The number of hydrogen-bond acceptors (Lipinski definition) is 5. The molecule has 0 radical (unpaired) electrons.